The van der Waals surface area contributed by atoms with Gasteiger partial charge >= 0.3 is 6.18 Å². The maximum atomic E-state index is 12.8. The summed E-state index contributed by atoms with van der Waals surface area (Å²) in [6, 6.07) is 9.19. The third-order valence-electron chi connectivity index (χ3n) is 3.77. The smallest absolute Gasteiger partial charge is 0.421 e. The van der Waals surface area contributed by atoms with Gasteiger partial charge in [-0.05, 0) is 31.2 Å². The molecule has 0 fully saturated rings. The highest BCUT2D eigenvalue weighted by atomic mass is 19.4. The quantitative estimate of drug-likeness (QED) is 0.788. The Bertz CT molecular complexity index is 814. The number of halogens is 3. The number of hydrogen-bond acceptors (Lipinski definition) is 3. The normalized spacial score (nSPS) is 11.3. The number of carbonyl (C=O) groups excluding carboxylic acids is 1. The zero-order valence-electron chi connectivity index (χ0n) is 14.4. The minimum atomic E-state index is -4.75. The minimum Gasteiger partial charge on any atom is -0.492 e. The fourth-order valence-electron chi connectivity index (χ4n) is 2.20. The predicted octanol–water partition coefficient (Wildman–Crippen LogP) is 2.71. The Balaban J connectivity index is 1.93. The molecular weight excluding hydrogens is 349 g/mol. The van der Waals surface area contributed by atoms with Gasteiger partial charge in [-0.15, -0.1) is 0 Å². The van der Waals surface area contributed by atoms with Crippen molar-refractivity contribution in [3.8, 4) is 5.75 Å². The molecule has 1 aromatic carbocycles. The molecule has 140 valence electrons. The molecule has 1 aromatic heterocycles. The number of nitrogens with zero attached hydrogens (tertiary/aromatic N) is 2. The predicted molar refractivity (Wildman–Crippen MR) is 90.0 cm³/mol. The topological polar surface area (TPSA) is 51.5 Å². The highest BCUT2D eigenvalue weighted by Gasteiger charge is 2.34. The number of carbonyl (C=O) groups is 1. The van der Waals surface area contributed by atoms with Crippen LogP contribution in [-0.4, -0.2) is 35.6 Å². The Morgan fingerprint density at radius 2 is 1.85 bits per heavy atom. The first kappa shape index (κ1) is 19.6. The van der Waals surface area contributed by atoms with Gasteiger partial charge in [-0.3, -0.25) is 9.59 Å². The Labute approximate surface area is 148 Å². The third-order valence-corrected chi connectivity index (χ3v) is 3.77. The molecule has 0 bridgehead atoms. The summed E-state index contributed by atoms with van der Waals surface area (Å²) in [5.74, 6) is 0.171. The Morgan fingerprint density at radius 1 is 1.19 bits per heavy atom. The van der Waals surface area contributed by atoms with Gasteiger partial charge in [-0.1, -0.05) is 17.7 Å². The van der Waals surface area contributed by atoms with E-state index in [1.165, 1.54) is 11.9 Å². The van der Waals surface area contributed by atoms with Crippen LogP contribution in [0, 0.1) is 6.92 Å². The van der Waals surface area contributed by atoms with Gasteiger partial charge in [0.2, 0.25) is 5.91 Å². The molecule has 0 N–H and O–H groups in total. The van der Waals surface area contributed by atoms with E-state index >= 15 is 0 Å². The molecule has 0 aliphatic rings. The van der Waals surface area contributed by atoms with E-state index in [9.17, 15) is 22.8 Å². The first-order valence-corrected chi connectivity index (χ1v) is 7.88. The van der Waals surface area contributed by atoms with Crippen LogP contribution in [0.1, 0.15) is 11.1 Å². The summed E-state index contributed by atoms with van der Waals surface area (Å²) < 4.78 is 44.5. The first-order chi connectivity index (χ1) is 12.2. The van der Waals surface area contributed by atoms with Crippen LogP contribution in [0.5, 0.6) is 5.75 Å². The summed E-state index contributed by atoms with van der Waals surface area (Å²) in [5.41, 5.74) is -1.44. The van der Waals surface area contributed by atoms with Gasteiger partial charge in [0, 0.05) is 13.2 Å². The number of aryl methyl sites for hydroxylation is 1. The molecule has 2 aromatic rings. The number of rotatable bonds is 6. The van der Waals surface area contributed by atoms with Crippen LogP contribution in [-0.2, 0) is 17.5 Å². The summed E-state index contributed by atoms with van der Waals surface area (Å²) in [4.78, 5) is 25.3. The van der Waals surface area contributed by atoms with Crippen molar-refractivity contribution in [1.29, 1.82) is 0 Å². The van der Waals surface area contributed by atoms with Crippen molar-refractivity contribution < 1.29 is 22.7 Å². The van der Waals surface area contributed by atoms with Crippen LogP contribution in [0.4, 0.5) is 13.2 Å². The molecule has 5 nitrogen and oxygen atoms in total. The number of amides is 1. The van der Waals surface area contributed by atoms with E-state index in [4.69, 9.17) is 4.74 Å². The lowest BCUT2D eigenvalue weighted by molar-refractivity contribution is -0.139. The van der Waals surface area contributed by atoms with Gasteiger partial charge in [-0.25, -0.2) is 0 Å². The van der Waals surface area contributed by atoms with Crippen molar-refractivity contribution in [2.45, 2.75) is 19.6 Å². The number of ether oxygens (including phenoxy) is 1. The fourth-order valence-corrected chi connectivity index (χ4v) is 2.20. The van der Waals surface area contributed by atoms with E-state index in [0.717, 1.165) is 22.4 Å². The van der Waals surface area contributed by atoms with Gasteiger partial charge in [0.05, 0.1) is 6.54 Å². The largest absolute Gasteiger partial charge is 0.492 e. The second-order valence-corrected chi connectivity index (χ2v) is 5.83. The van der Waals surface area contributed by atoms with E-state index in [2.05, 4.69) is 0 Å². The van der Waals surface area contributed by atoms with Crippen LogP contribution in [0.2, 0.25) is 0 Å². The molecule has 0 saturated heterocycles. The highest BCUT2D eigenvalue weighted by molar-refractivity contribution is 5.75. The van der Waals surface area contributed by atoms with E-state index in [0.29, 0.717) is 11.8 Å². The fraction of sp³-hybridized carbons (Fsp3) is 0.333. The van der Waals surface area contributed by atoms with Gasteiger partial charge in [0.15, 0.2) is 0 Å². The summed E-state index contributed by atoms with van der Waals surface area (Å²) in [6.45, 7) is 1.94. The lowest BCUT2D eigenvalue weighted by Gasteiger charge is -2.18. The molecule has 0 radical (unpaired) electrons. The maximum Gasteiger partial charge on any atom is 0.421 e. The zero-order valence-corrected chi connectivity index (χ0v) is 14.4. The first-order valence-electron chi connectivity index (χ1n) is 7.88. The summed E-state index contributed by atoms with van der Waals surface area (Å²) in [6.07, 6.45) is -3.59. The summed E-state index contributed by atoms with van der Waals surface area (Å²) in [5, 5.41) is 0. The third kappa shape index (κ3) is 5.11. The van der Waals surface area contributed by atoms with E-state index < -0.39 is 29.8 Å². The SMILES string of the molecule is Cc1ccc(OCCN(C)C(=O)Cn2cccc(C(F)(F)F)c2=O)cc1. The van der Waals surface area contributed by atoms with E-state index in [-0.39, 0.29) is 13.2 Å². The second-order valence-electron chi connectivity index (χ2n) is 5.83. The summed E-state index contributed by atoms with van der Waals surface area (Å²) in [7, 11) is 1.50. The summed E-state index contributed by atoms with van der Waals surface area (Å²) >= 11 is 0. The van der Waals surface area contributed by atoms with Crippen molar-refractivity contribution in [2.75, 3.05) is 20.2 Å². The molecule has 0 aliphatic carbocycles. The van der Waals surface area contributed by atoms with Gasteiger partial charge < -0.3 is 14.2 Å². The molecule has 0 unspecified atom stereocenters. The lowest BCUT2D eigenvalue weighted by atomic mass is 10.2. The molecule has 0 spiro atoms. The van der Waals surface area contributed by atoms with Gasteiger partial charge in [0.1, 0.15) is 24.5 Å². The average molecular weight is 368 g/mol. The molecule has 1 amide bonds. The molecule has 0 atom stereocenters. The number of benzene rings is 1. The molecule has 1 heterocycles. The van der Waals surface area contributed by atoms with Crippen molar-refractivity contribution in [1.82, 2.24) is 9.47 Å². The molecule has 2 rings (SSSR count). The zero-order chi connectivity index (χ0) is 19.3. The standard InChI is InChI=1S/C18H19F3N2O3/c1-13-5-7-14(8-6-13)26-11-10-22(2)16(24)12-23-9-3-4-15(17(23)25)18(19,20)21/h3-9H,10-12H2,1-2H3. The minimum absolute atomic E-state index is 0.225. The van der Waals surface area contributed by atoms with Crippen LogP contribution < -0.4 is 10.3 Å². The molecule has 26 heavy (non-hydrogen) atoms. The lowest BCUT2D eigenvalue weighted by Crippen LogP contribution is -2.37. The number of pyridine rings is 1. The van der Waals surface area contributed by atoms with E-state index in [1.807, 2.05) is 19.1 Å². The van der Waals surface area contributed by atoms with Crippen molar-refractivity contribution in [3.05, 3.63) is 64.1 Å². The van der Waals surface area contributed by atoms with Crippen LogP contribution >= 0.6 is 0 Å². The molecule has 8 heteroatoms. The van der Waals surface area contributed by atoms with Crippen molar-refractivity contribution in [3.63, 3.8) is 0 Å². The van der Waals surface area contributed by atoms with E-state index in [1.54, 1.807) is 12.1 Å². The van der Waals surface area contributed by atoms with Crippen LogP contribution in [0.3, 0.4) is 0 Å². The Kier molecular flexibility index (Phi) is 6.07. The highest BCUT2D eigenvalue weighted by Crippen LogP contribution is 2.25. The molecule has 0 aliphatic heterocycles. The Morgan fingerprint density at radius 3 is 2.46 bits per heavy atom. The molecular formula is C18H19F3N2O3. The van der Waals surface area contributed by atoms with Crippen LogP contribution in [0.15, 0.2) is 47.4 Å². The van der Waals surface area contributed by atoms with Crippen LogP contribution in [0.25, 0.3) is 0 Å². The van der Waals surface area contributed by atoms with Crippen molar-refractivity contribution >= 4 is 5.91 Å². The number of hydrogen-bond donors (Lipinski definition) is 0. The Hall–Kier alpha value is -2.77. The van der Waals surface area contributed by atoms with Gasteiger partial charge in [0.25, 0.3) is 5.56 Å². The monoisotopic (exact) mass is 368 g/mol. The number of alkyl halides is 3. The van der Waals surface area contributed by atoms with Gasteiger partial charge in [-0.2, -0.15) is 13.2 Å². The average Bonchev–Trinajstić information content (AvgIpc) is 2.57. The van der Waals surface area contributed by atoms with Crippen molar-refractivity contribution in [2.24, 2.45) is 0 Å². The number of aromatic nitrogens is 1. The number of likely N-dealkylation sites (N-methyl/N-ethyl adjacent to an activating group) is 1. The maximum absolute atomic E-state index is 12.8. The second kappa shape index (κ2) is 8.07. The molecule has 0 saturated carbocycles.